The molecule has 2 aromatic rings. The number of aliphatic hydroxyl groups is 1. The summed E-state index contributed by atoms with van der Waals surface area (Å²) in [5.74, 6) is 5.60. The summed E-state index contributed by atoms with van der Waals surface area (Å²) >= 11 is 0. The molecule has 0 aliphatic heterocycles. The van der Waals surface area contributed by atoms with Crippen molar-refractivity contribution in [1.29, 1.82) is 0 Å². The zero-order valence-electron chi connectivity index (χ0n) is 13.4. The Labute approximate surface area is 132 Å². The van der Waals surface area contributed by atoms with Crippen LogP contribution < -0.4 is 5.32 Å². The third kappa shape index (κ3) is 4.73. The normalized spacial score (nSPS) is 13.1. The van der Waals surface area contributed by atoms with Crippen LogP contribution in [-0.2, 0) is 0 Å². The first-order valence-corrected chi connectivity index (χ1v) is 7.58. The molecule has 0 unspecified atom stereocenters. The van der Waals surface area contributed by atoms with Gasteiger partial charge >= 0.3 is 0 Å². The highest BCUT2D eigenvalue weighted by molar-refractivity contribution is 5.86. The lowest BCUT2D eigenvalue weighted by Crippen LogP contribution is -2.18. The first-order valence-electron chi connectivity index (χ1n) is 7.58. The van der Waals surface area contributed by atoms with Crippen molar-refractivity contribution in [3.8, 4) is 11.8 Å². The molecule has 22 heavy (non-hydrogen) atoms. The fourth-order valence-corrected chi connectivity index (χ4v) is 2.32. The average Bonchev–Trinajstić information content (AvgIpc) is 2.49. The zero-order chi connectivity index (χ0) is 16.0. The molecule has 0 bridgehead atoms. The van der Waals surface area contributed by atoms with E-state index in [-0.39, 0.29) is 6.04 Å². The lowest BCUT2D eigenvalue weighted by atomic mass is 10.00. The average molecular weight is 293 g/mol. The maximum atomic E-state index is 9.49. The van der Waals surface area contributed by atoms with Gasteiger partial charge in [0.15, 0.2) is 0 Å². The van der Waals surface area contributed by atoms with Crippen LogP contribution in [0.25, 0.3) is 10.8 Å². The Hall–Kier alpha value is -2.08. The monoisotopic (exact) mass is 293 g/mol. The molecule has 0 aromatic heterocycles. The number of benzene rings is 2. The molecule has 0 saturated carbocycles. The first-order chi connectivity index (χ1) is 10.5. The van der Waals surface area contributed by atoms with Gasteiger partial charge in [0.25, 0.3) is 0 Å². The molecule has 0 spiro atoms. The van der Waals surface area contributed by atoms with E-state index in [2.05, 4.69) is 66.5 Å². The summed E-state index contributed by atoms with van der Waals surface area (Å²) in [5, 5.41) is 15.5. The maximum absolute atomic E-state index is 9.49. The van der Waals surface area contributed by atoms with Crippen LogP contribution in [0.1, 0.15) is 32.4 Å². The van der Waals surface area contributed by atoms with E-state index >= 15 is 0 Å². The topological polar surface area (TPSA) is 32.3 Å². The van der Waals surface area contributed by atoms with Crippen molar-refractivity contribution in [2.45, 2.75) is 32.4 Å². The quantitative estimate of drug-likeness (QED) is 0.840. The Bertz CT molecular complexity index is 708. The fraction of sp³-hybridized carbons (Fsp3) is 0.300. The molecule has 0 aliphatic carbocycles. The molecule has 0 radical (unpaired) electrons. The molecule has 0 fully saturated rings. The summed E-state index contributed by atoms with van der Waals surface area (Å²) in [4.78, 5) is 0. The molecule has 2 rings (SSSR count). The molecule has 2 nitrogen and oxygen atoms in total. The molecule has 114 valence electrons. The zero-order valence-corrected chi connectivity index (χ0v) is 13.4. The first kappa shape index (κ1) is 16.3. The van der Waals surface area contributed by atoms with E-state index in [0.717, 1.165) is 6.54 Å². The number of allylic oxidation sites excluding steroid dienone is 1. The second-order valence-electron chi connectivity index (χ2n) is 5.93. The third-order valence-corrected chi connectivity index (χ3v) is 3.41. The molecule has 2 N–H and O–H groups in total. The van der Waals surface area contributed by atoms with Gasteiger partial charge in [0, 0.05) is 12.6 Å². The van der Waals surface area contributed by atoms with Crippen LogP contribution in [0.5, 0.6) is 0 Å². The summed E-state index contributed by atoms with van der Waals surface area (Å²) in [6.45, 7) is 6.26. The molecular weight excluding hydrogens is 270 g/mol. The van der Waals surface area contributed by atoms with Crippen molar-refractivity contribution in [2.75, 3.05) is 6.54 Å². The number of nitrogens with one attached hydrogen (secondary N) is 1. The van der Waals surface area contributed by atoms with Gasteiger partial charge in [-0.25, -0.2) is 0 Å². The van der Waals surface area contributed by atoms with Gasteiger partial charge in [-0.1, -0.05) is 60.4 Å². The van der Waals surface area contributed by atoms with Crippen molar-refractivity contribution in [1.82, 2.24) is 5.32 Å². The Morgan fingerprint density at radius 3 is 2.68 bits per heavy atom. The lowest BCUT2D eigenvalue weighted by Gasteiger charge is -2.15. The predicted octanol–water partition coefficient (Wildman–Crippen LogP) is 3.82. The third-order valence-electron chi connectivity index (χ3n) is 3.41. The highest BCUT2D eigenvalue weighted by atomic mass is 16.3. The molecule has 2 aromatic carbocycles. The minimum atomic E-state index is -0.936. The van der Waals surface area contributed by atoms with Gasteiger partial charge in [-0.3, -0.25) is 0 Å². The second kappa shape index (κ2) is 7.26. The fourth-order valence-electron chi connectivity index (χ4n) is 2.32. The van der Waals surface area contributed by atoms with E-state index < -0.39 is 5.60 Å². The van der Waals surface area contributed by atoms with E-state index in [1.807, 2.05) is 6.08 Å². The van der Waals surface area contributed by atoms with Crippen molar-refractivity contribution in [3.05, 3.63) is 60.2 Å². The second-order valence-corrected chi connectivity index (χ2v) is 5.93. The molecule has 0 aliphatic rings. The summed E-state index contributed by atoms with van der Waals surface area (Å²) in [7, 11) is 0. The number of fused-ring (bicyclic) bond motifs is 1. The van der Waals surface area contributed by atoms with Crippen LogP contribution in [0, 0.1) is 11.8 Å². The number of hydrogen-bond acceptors (Lipinski definition) is 2. The molecule has 0 amide bonds. The SMILES string of the molecule is C[C@@H](NC/C=C\C#CC(C)(C)O)c1cccc2ccccc12. The van der Waals surface area contributed by atoms with Gasteiger partial charge in [0.1, 0.15) is 5.60 Å². The predicted molar refractivity (Wildman–Crippen MR) is 93.6 cm³/mol. The van der Waals surface area contributed by atoms with E-state index in [9.17, 15) is 5.11 Å². The smallest absolute Gasteiger partial charge is 0.120 e. The molecule has 0 heterocycles. The number of rotatable bonds is 4. The molecule has 2 heteroatoms. The highest BCUT2D eigenvalue weighted by Gasteiger charge is 2.07. The van der Waals surface area contributed by atoms with Crippen LogP contribution in [0.2, 0.25) is 0 Å². The minimum Gasteiger partial charge on any atom is -0.378 e. The van der Waals surface area contributed by atoms with Crippen LogP contribution in [-0.4, -0.2) is 17.3 Å². The summed E-state index contributed by atoms with van der Waals surface area (Å²) in [6.07, 6.45) is 3.75. The van der Waals surface area contributed by atoms with E-state index in [4.69, 9.17) is 0 Å². The van der Waals surface area contributed by atoms with Crippen molar-refractivity contribution in [2.24, 2.45) is 0 Å². The highest BCUT2D eigenvalue weighted by Crippen LogP contribution is 2.23. The van der Waals surface area contributed by atoms with Gasteiger partial charge in [-0.2, -0.15) is 0 Å². The number of hydrogen-bond donors (Lipinski definition) is 2. The van der Waals surface area contributed by atoms with Crippen molar-refractivity contribution in [3.63, 3.8) is 0 Å². The summed E-state index contributed by atoms with van der Waals surface area (Å²) in [6, 6.07) is 15.1. The Morgan fingerprint density at radius 1 is 1.18 bits per heavy atom. The van der Waals surface area contributed by atoms with Gasteiger partial charge in [0.05, 0.1) is 0 Å². The maximum Gasteiger partial charge on any atom is 0.120 e. The van der Waals surface area contributed by atoms with Crippen LogP contribution in [0.3, 0.4) is 0 Å². The van der Waals surface area contributed by atoms with E-state index in [0.29, 0.717) is 0 Å². The molecule has 1 atom stereocenters. The van der Waals surface area contributed by atoms with Crippen LogP contribution in [0.4, 0.5) is 0 Å². The van der Waals surface area contributed by atoms with Gasteiger partial charge < -0.3 is 10.4 Å². The Kier molecular flexibility index (Phi) is 5.38. The standard InChI is InChI=1S/C20H23NO/c1-16(21-15-8-4-7-14-20(2,3)22)18-13-9-11-17-10-5-6-12-19(17)18/h4-6,8-13,16,21-22H,15H2,1-3H3/b8-4-/t16-/m1/s1. The van der Waals surface area contributed by atoms with E-state index in [1.54, 1.807) is 19.9 Å². The van der Waals surface area contributed by atoms with Crippen LogP contribution >= 0.6 is 0 Å². The lowest BCUT2D eigenvalue weighted by molar-refractivity contribution is 0.143. The Balaban J connectivity index is 1.98. The van der Waals surface area contributed by atoms with Gasteiger partial charge in [0.2, 0.25) is 0 Å². The van der Waals surface area contributed by atoms with Gasteiger partial charge in [-0.15, -0.1) is 0 Å². The summed E-state index contributed by atoms with van der Waals surface area (Å²) in [5.41, 5.74) is 0.364. The molecule has 0 saturated heterocycles. The largest absolute Gasteiger partial charge is 0.378 e. The summed E-state index contributed by atoms with van der Waals surface area (Å²) < 4.78 is 0. The van der Waals surface area contributed by atoms with Crippen molar-refractivity contribution < 1.29 is 5.11 Å². The van der Waals surface area contributed by atoms with Crippen molar-refractivity contribution >= 4 is 10.8 Å². The Morgan fingerprint density at radius 2 is 1.91 bits per heavy atom. The molecular formula is C20H23NO. The van der Waals surface area contributed by atoms with E-state index in [1.165, 1.54) is 16.3 Å². The van der Waals surface area contributed by atoms with Gasteiger partial charge in [-0.05, 0) is 43.2 Å². The minimum absolute atomic E-state index is 0.262. The van der Waals surface area contributed by atoms with Crippen LogP contribution in [0.15, 0.2) is 54.6 Å².